The molecule has 7 heteroatoms. The Balaban J connectivity index is 2.31. The average Bonchev–Trinajstić information content (AvgIpc) is 2.82. The molecule has 0 aliphatic heterocycles. The first-order chi connectivity index (χ1) is 10.5. The van der Waals surface area contributed by atoms with Gasteiger partial charge in [0.1, 0.15) is 16.6 Å². The van der Waals surface area contributed by atoms with Crippen molar-refractivity contribution in [2.75, 3.05) is 7.11 Å². The number of alkyl halides is 2. The number of aryl methyl sites for hydroxylation is 1. The molecule has 0 aliphatic rings. The quantitative estimate of drug-likeness (QED) is 0.674. The summed E-state index contributed by atoms with van der Waals surface area (Å²) in [5.74, 6) is 0.446. The molecule has 0 aliphatic carbocycles. The first-order valence-corrected chi connectivity index (χ1v) is 6.86. The van der Waals surface area contributed by atoms with Gasteiger partial charge in [-0.1, -0.05) is 11.6 Å². The van der Waals surface area contributed by atoms with Crippen molar-refractivity contribution in [2.24, 2.45) is 0 Å². The molecular formula is C15H12ClF2N3O. The van der Waals surface area contributed by atoms with Crippen LogP contribution < -0.4 is 4.74 Å². The lowest BCUT2D eigenvalue weighted by Crippen LogP contribution is -2.01. The minimum Gasteiger partial charge on any atom is -0.494 e. The summed E-state index contributed by atoms with van der Waals surface area (Å²) in [7, 11) is 1.48. The van der Waals surface area contributed by atoms with E-state index in [9.17, 15) is 8.78 Å². The van der Waals surface area contributed by atoms with Crippen LogP contribution in [-0.2, 0) is 0 Å². The maximum atomic E-state index is 13.0. The van der Waals surface area contributed by atoms with Crippen molar-refractivity contribution >= 4 is 22.5 Å². The van der Waals surface area contributed by atoms with Gasteiger partial charge in [-0.3, -0.25) is 0 Å². The van der Waals surface area contributed by atoms with Gasteiger partial charge in [-0.25, -0.2) is 18.4 Å². The number of rotatable bonds is 3. The SMILES string of the molecule is COc1ccc(C(F)F)cc1-n1nc(C)c2cnc(Cl)cc21. The summed E-state index contributed by atoms with van der Waals surface area (Å²) in [5, 5.41) is 5.51. The summed E-state index contributed by atoms with van der Waals surface area (Å²) in [6.45, 7) is 1.82. The third-order valence-electron chi connectivity index (χ3n) is 3.40. The van der Waals surface area contributed by atoms with Crippen LogP contribution in [0, 0.1) is 6.92 Å². The molecule has 0 radical (unpaired) electrons. The van der Waals surface area contributed by atoms with E-state index in [0.29, 0.717) is 22.1 Å². The zero-order valence-electron chi connectivity index (χ0n) is 11.8. The van der Waals surface area contributed by atoms with Crippen molar-refractivity contribution in [3.8, 4) is 11.4 Å². The number of hydrogen-bond acceptors (Lipinski definition) is 3. The summed E-state index contributed by atoms with van der Waals surface area (Å²) in [6, 6.07) is 5.84. The normalized spacial score (nSPS) is 11.4. The number of methoxy groups -OCH3 is 1. The molecule has 2 aromatic heterocycles. The summed E-state index contributed by atoms with van der Waals surface area (Å²) in [5.41, 5.74) is 1.74. The van der Waals surface area contributed by atoms with Crippen molar-refractivity contribution in [1.82, 2.24) is 14.8 Å². The molecule has 0 saturated heterocycles. The van der Waals surface area contributed by atoms with Gasteiger partial charge in [0.05, 0.1) is 18.3 Å². The Hall–Kier alpha value is -2.21. The van der Waals surface area contributed by atoms with Crippen molar-refractivity contribution in [2.45, 2.75) is 13.3 Å². The molecule has 0 saturated carbocycles. The van der Waals surface area contributed by atoms with Crippen molar-refractivity contribution in [1.29, 1.82) is 0 Å². The number of halogens is 3. The van der Waals surface area contributed by atoms with E-state index >= 15 is 0 Å². The highest BCUT2D eigenvalue weighted by Crippen LogP contribution is 2.31. The molecular weight excluding hydrogens is 312 g/mol. The van der Waals surface area contributed by atoms with Crippen LogP contribution in [0.1, 0.15) is 17.7 Å². The number of aromatic nitrogens is 3. The molecule has 0 N–H and O–H groups in total. The second-order valence-corrected chi connectivity index (χ2v) is 5.14. The number of hydrogen-bond donors (Lipinski definition) is 0. The molecule has 0 amide bonds. The van der Waals surface area contributed by atoms with Crippen LogP contribution in [0.3, 0.4) is 0 Å². The molecule has 0 unspecified atom stereocenters. The monoisotopic (exact) mass is 323 g/mol. The Morgan fingerprint density at radius 2 is 2.05 bits per heavy atom. The van der Waals surface area contributed by atoms with Gasteiger partial charge < -0.3 is 4.74 Å². The van der Waals surface area contributed by atoms with E-state index in [4.69, 9.17) is 16.3 Å². The van der Waals surface area contributed by atoms with Crippen LogP contribution in [0.15, 0.2) is 30.5 Å². The molecule has 3 aromatic rings. The Kier molecular flexibility index (Phi) is 3.70. The van der Waals surface area contributed by atoms with Gasteiger partial charge in [0.15, 0.2) is 0 Å². The fraction of sp³-hybridized carbons (Fsp3) is 0.200. The summed E-state index contributed by atoms with van der Waals surface area (Å²) in [6.07, 6.45) is -0.960. The fourth-order valence-electron chi connectivity index (χ4n) is 2.32. The lowest BCUT2D eigenvalue weighted by Gasteiger charge is -2.11. The van der Waals surface area contributed by atoms with E-state index in [1.807, 2.05) is 6.92 Å². The van der Waals surface area contributed by atoms with Crippen LogP contribution in [0.25, 0.3) is 16.6 Å². The zero-order chi connectivity index (χ0) is 15.9. The molecule has 4 nitrogen and oxygen atoms in total. The standard InChI is InChI=1S/C15H12ClF2N3O/c1-8-10-7-19-14(16)6-11(10)21(20-8)12-5-9(15(17)18)3-4-13(12)22-2/h3-7,15H,1-2H3. The molecule has 1 aromatic carbocycles. The third kappa shape index (κ3) is 2.39. The Morgan fingerprint density at radius 1 is 1.27 bits per heavy atom. The zero-order valence-corrected chi connectivity index (χ0v) is 12.6. The molecule has 114 valence electrons. The van der Waals surface area contributed by atoms with Crippen molar-refractivity contribution < 1.29 is 13.5 Å². The van der Waals surface area contributed by atoms with Crippen LogP contribution in [0.4, 0.5) is 8.78 Å². The lowest BCUT2D eigenvalue weighted by molar-refractivity contribution is 0.151. The van der Waals surface area contributed by atoms with Crippen molar-refractivity contribution in [3.05, 3.63) is 46.9 Å². The van der Waals surface area contributed by atoms with Crippen LogP contribution in [0.2, 0.25) is 5.15 Å². The molecule has 0 fully saturated rings. The molecule has 22 heavy (non-hydrogen) atoms. The fourth-order valence-corrected chi connectivity index (χ4v) is 2.48. The van der Waals surface area contributed by atoms with Crippen LogP contribution >= 0.6 is 11.6 Å². The maximum absolute atomic E-state index is 13.0. The smallest absolute Gasteiger partial charge is 0.263 e. The van der Waals surface area contributed by atoms with Gasteiger partial charge >= 0.3 is 0 Å². The van der Waals surface area contributed by atoms with E-state index in [2.05, 4.69) is 10.1 Å². The number of nitrogens with zero attached hydrogens (tertiary/aromatic N) is 3. The topological polar surface area (TPSA) is 39.9 Å². The summed E-state index contributed by atoms with van der Waals surface area (Å²) < 4.78 is 32.8. The van der Waals surface area contributed by atoms with Gasteiger partial charge in [-0.05, 0) is 25.1 Å². The summed E-state index contributed by atoms with van der Waals surface area (Å²) >= 11 is 5.94. The van der Waals surface area contributed by atoms with Crippen LogP contribution in [-0.4, -0.2) is 21.9 Å². The molecule has 0 spiro atoms. The van der Waals surface area contributed by atoms with E-state index in [1.54, 1.807) is 16.9 Å². The minimum atomic E-state index is -2.57. The third-order valence-corrected chi connectivity index (χ3v) is 3.61. The second-order valence-electron chi connectivity index (χ2n) is 4.75. The van der Waals surface area contributed by atoms with E-state index in [0.717, 1.165) is 11.1 Å². The molecule has 0 atom stereocenters. The number of fused-ring (bicyclic) bond motifs is 1. The van der Waals surface area contributed by atoms with Crippen LogP contribution in [0.5, 0.6) is 5.75 Å². The largest absolute Gasteiger partial charge is 0.494 e. The number of pyridine rings is 1. The average molecular weight is 324 g/mol. The molecule has 3 rings (SSSR count). The van der Waals surface area contributed by atoms with Gasteiger partial charge in [0.25, 0.3) is 6.43 Å². The van der Waals surface area contributed by atoms with E-state index in [-0.39, 0.29) is 5.56 Å². The van der Waals surface area contributed by atoms with E-state index < -0.39 is 6.43 Å². The molecule has 0 bridgehead atoms. The number of benzene rings is 1. The Labute approximate surface area is 130 Å². The van der Waals surface area contributed by atoms with Gasteiger partial charge in [0.2, 0.25) is 0 Å². The Bertz CT molecular complexity index is 848. The maximum Gasteiger partial charge on any atom is 0.263 e. The predicted molar refractivity (Wildman–Crippen MR) is 80.1 cm³/mol. The first kappa shape index (κ1) is 14.7. The first-order valence-electron chi connectivity index (χ1n) is 6.48. The van der Waals surface area contributed by atoms with Gasteiger partial charge in [0, 0.05) is 23.2 Å². The summed E-state index contributed by atoms with van der Waals surface area (Å²) in [4.78, 5) is 4.02. The van der Waals surface area contributed by atoms with Crippen molar-refractivity contribution in [3.63, 3.8) is 0 Å². The van der Waals surface area contributed by atoms with Gasteiger partial charge in [-0.2, -0.15) is 5.10 Å². The second kappa shape index (κ2) is 5.53. The lowest BCUT2D eigenvalue weighted by atomic mass is 10.2. The van der Waals surface area contributed by atoms with Gasteiger partial charge in [-0.15, -0.1) is 0 Å². The number of ether oxygens (including phenoxy) is 1. The highest BCUT2D eigenvalue weighted by Gasteiger charge is 2.17. The molecule has 2 heterocycles. The Morgan fingerprint density at radius 3 is 2.73 bits per heavy atom. The van der Waals surface area contributed by atoms with E-state index in [1.165, 1.54) is 25.3 Å². The minimum absolute atomic E-state index is 0.0998. The predicted octanol–water partition coefficient (Wildman–Crippen LogP) is 4.33. The highest BCUT2D eigenvalue weighted by atomic mass is 35.5. The highest BCUT2D eigenvalue weighted by molar-refractivity contribution is 6.30.